The van der Waals surface area contributed by atoms with Crippen LogP contribution in [-0.2, 0) is 7.05 Å². The van der Waals surface area contributed by atoms with Gasteiger partial charge in [-0.05, 0) is 43.4 Å². The van der Waals surface area contributed by atoms with Gasteiger partial charge in [0.15, 0.2) is 5.11 Å². The Bertz CT molecular complexity index is 1030. The topological polar surface area (TPSA) is 80.1 Å². The number of nitrogens with one attached hydrogen (secondary N) is 3. The summed E-state index contributed by atoms with van der Waals surface area (Å²) in [6.45, 7) is 1.81. The van der Waals surface area contributed by atoms with Crippen molar-refractivity contribution in [3.05, 3.63) is 82.3 Å². The Balaban J connectivity index is 1.73. The summed E-state index contributed by atoms with van der Waals surface area (Å²) in [7, 11) is 1.79. The molecule has 27 heavy (non-hydrogen) atoms. The van der Waals surface area contributed by atoms with Gasteiger partial charge in [0.2, 0.25) is 0 Å². The second kappa shape index (κ2) is 7.88. The van der Waals surface area contributed by atoms with Crippen LogP contribution in [-0.4, -0.2) is 20.4 Å². The SMILES string of the molecule is Cc1c(NC(=S)NNC(=O)c2ccccc2)c(=O)n(-c2ccccc2)n1C. The van der Waals surface area contributed by atoms with E-state index in [1.807, 2.05) is 43.3 Å². The number of nitrogens with zero attached hydrogens (tertiary/aromatic N) is 2. The molecule has 0 spiro atoms. The monoisotopic (exact) mass is 381 g/mol. The van der Waals surface area contributed by atoms with Gasteiger partial charge in [-0.1, -0.05) is 36.4 Å². The van der Waals surface area contributed by atoms with E-state index in [1.54, 1.807) is 40.7 Å². The molecule has 0 saturated carbocycles. The average Bonchev–Trinajstić information content (AvgIpc) is 2.90. The number of thiocarbonyl (C=S) groups is 1. The summed E-state index contributed by atoms with van der Waals surface area (Å²) in [6.07, 6.45) is 0. The molecule has 2 aromatic carbocycles. The number of amides is 1. The molecule has 0 aliphatic rings. The van der Waals surface area contributed by atoms with Crippen LogP contribution in [0.4, 0.5) is 5.69 Å². The van der Waals surface area contributed by atoms with E-state index < -0.39 is 0 Å². The Morgan fingerprint density at radius 1 is 0.963 bits per heavy atom. The molecule has 1 heterocycles. The van der Waals surface area contributed by atoms with Crippen LogP contribution in [0.1, 0.15) is 16.1 Å². The maximum absolute atomic E-state index is 12.8. The van der Waals surface area contributed by atoms with Crippen molar-refractivity contribution >= 4 is 28.9 Å². The van der Waals surface area contributed by atoms with Crippen molar-refractivity contribution in [2.75, 3.05) is 5.32 Å². The smallest absolute Gasteiger partial charge is 0.295 e. The van der Waals surface area contributed by atoms with Crippen molar-refractivity contribution in [3.8, 4) is 5.69 Å². The molecule has 0 atom stereocenters. The van der Waals surface area contributed by atoms with E-state index in [4.69, 9.17) is 12.2 Å². The first kappa shape index (κ1) is 18.4. The Kier molecular flexibility index (Phi) is 5.37. The molecule has 0 aliphatic carbocycles. The van der Waals surface area contributed by atoms with E-state index >= 15 is 0 Å². The highest BCUT2D eigenvalue weighted by molar-refractivity contribution is 7.80. The van der Waals surface area contributed by atoms with Gasteiger partial charge in [0, 0.05) is 12.6 Å². The number of carbonyl (C=O) groups is 1. The lowest BCUT2D eigenvalue weighted by Crippen LogP contribution is -2.44. The molecule has 0 saturated heterocycles. The molecule has 3 N–H and O–H groups in total. The molecule has 3 rings (SSSR count). The predicted octanol–water partition coefficient (Wildman–Crippen LogP) is 2.12. The van der Waals surface area contributed by atoms with Crippen molar-refractivity contribution in [2.24, 2.45) is 7.05 Å². The summed E-state index contributed by atoms with van der Waals surface area (Å²) >= 11 is 5.20. The summed E-state index contributed by atoms with van der Waals surface area (Å²) in [5, 5.41) is 2.98. The van der Waals surface area contributed by atoms with Gasteiger partial charge in [-0.25, -0.2) is 4.68 Å². The Labute approximate surface area is 161 Å². The Hall–Kier alpha value is -3.39. The lowest BCUT2D eigenvalue weighted by atomic mass is 10.2. The molecule has 0 aliphatic heterocycles. The molecule has 3 aromatic rings. The fourth-order valence-corrected chi connectivity index (χ4v) is 2.79. The zero-order valence-electron chi connectivity index (χ0n) is 14.9. The first-order chi connectivity index (χ1) is 13.0. The van der Waals surface area contributed by atoms with E-state index in [1.165, 1.54) is 0 Å². The minimum absolute atomic E-state index is 0.116. The third-order valence-electron chi connectivity index (χ3n) is 4.12. The van der Waals surface area contributed by atoms with Crippen LogP contribution < -0.4 is 21.7 Å². The molecule has 0 radical (unpaired) electrons. The molecule has 0 fully saturated rings. The zero-order valence-corrected chi connectivity index (χ0v) is 15.7. The summed E-state index contributed by atoms with van der Waals surface area (Å²) in [6, 6.07) is 18.0. The number of hydrogen-bond donors (Lipinski definition) is 3. The lowest BCUT2D eigenvalue weighted by Gasteiger charge is -2.10. The van der Waals surface area contributed by atoms with Gasteiger partial charge in [0.05, 0.1) is 11.4 Å². The van der Waals surface area contributed by atoms with Crippen LogP contribution in [0.5, 0.6) is 0 Å². The summed E-state index contributed by atoms with van der Waals surface area (Å²) < 4.78 is 3.29. The van der Waals surface area contributed by atoms with E-state index in [9.17, 15) is 9.59 Å². The summed E-state index contributed by atoms with van der Waals surface area (Å²) in [4.78, 5) is 24.9. The normalized spacial score (nSPS) is 10.3. The van der Waals surface area contributed by atoms with Crippen LogP contribution in [0.25, 0.3) is 5.69 Å². The van der Waals surface area contributed by atoms with Crippen LogP contribution in [0.15, 0.2) is 65.5 Å². The van der Waals surface area contributed by atoms with Crippen LogP contribution in [0.2, 0.25) is 0 Å². The standard InChI is InChI=1S/C19H19N5O2S/c1-13-16(18(26)24(23(13)2)15-11-7-4-8-12-15)20-19(27)22-21-17(25)14-9-5-3-6-10-14/h3-12H,1-2H3,(H,21,25)(H2,20,22,27). The molecule has 8 heteroatoms. The number of aromatic nitrogens is 2. The van der Waals surface area contributed by atoms with Crippen molar-refractivity contribution < 1.29 is 4.79 Å². The maximum atomic E-state index is 12.8. The van der Waals surface area contributed by atoms with Gasteiger partial charge in [-0.3, -0.25) is 25.1 Å². The third-order valence-corrected chi connectivity index (χ3v) is 4.32. The minimum Gasteiger partial charge on any atom is -0.325 e. The zero-order chi connectivity index (χ0) is 19.4. The summed E-state index contributed by atoms with van der Waals surface area (Å²) in [5.41, 5.74) is 7.18. The molecule has 1 aromatic heterocycles. The maximum Gasteiger partial charge on any atom is 0.295 e. The van der Waals surface area contributed by atoms with Crippen molar-refractivity contribution in [1.29, 1.82) is 0 Å². The van der Waals surface area contributed by atoms with Crippen LogP contribution in [0, 0.1) is 6.92 Å². The van der Waals surface area contributed by atoms with Crippen molar-refractivity contribution in [3.63, 3.8) is 0 Å². The van der Waals surface area contributed by atoms with E-state index in [0.717, 1.165) is 5.69 Å². The molecule has 7 nitrogen and oxygen atoms in total. The number of benzene rings is 2. The van der Waals surface area contributed by atoms with Gasteiger partial charge in [-0.15, -0.1) is 0 Å². The quantitative estimate of drug-likeness (QED) is 0.478. The largest absolute Gasteiger partial charge is 0.325 e. The number of hydrazine groups is 1. The molecule has 0 bridgehead atoms. The van der Waals surface area contributed by atoms with E-state index in [2.05, 4.69) is 16.2 Å². The van der Waals surface area contributed by atoms with Gasteiger partial charge >= 0.3 is 0 Å². The predicted molar refractivity (Wildman–Crippen MR) is 109 cm³/mol. The number of hydrogen-bond acceptors (Lipinski definition) is 3. The third kappa shape index (κ3) is 3.90. The van der Waals surface area contributed by atoms with Crippen molar-refractivity contribution in [2.45, 2.75) is 6.92 Å². The molecular formula is C19H19N5O2S. The fourth-order valence-electron chi connectivity index (χ4n) is 2.63. The number of carbonyl (C=O) groups excluding carboxylic acids is 1. The highest BCUT2D eigenvalue weighted by Crippen LogP contribution is 2.13. The Morgan fingerprint density at radius 2 is 1.56 bits per heavy atom. The second-order valence-electron chi connectivity index (χ2n) is 5.84. The van der Waals surface area contributed by atoms with Gasteiger partial charge < -0.3 is 5.32 Å². The first-order valence-corrected chi connectivity index (χ1v) is 8.66. The first-order valence-electron chi connectivity index (χ1n) is 8.25. The van der Waals surface area contributed by atoms with E-state index in [0.29, 0.717) is 16.9 Å². The summed E-state index contributed by atoms with van der Waals surface area (Å²) in [5.74, 6) is -0.328. The molecular weight excluding hydrogens is 362 g/mol. The van der Waals surface area contributed by atoms with Crippen molar-refractivity contribution in [1.82, 2.24) is 20.2 Å². The van der Waals surface area contributed by atoms with E-state index in [-0.39, 0.29) is 16.6 Å². The number of rotatable bonds is 3. The fraction of sp³-hybridized carbons (Fsp3) is 0.105. The van der Waals surface area contributed by atoms with Gasteiger partial charge in [0.25, 0.3) is 11.5 Å². The highest BCUT2D eigenvalue weighted by atomic mass is 32.1. The molecule has 1 amide bonds. The average molecular weight is 381 g/mol. The van der Waals surface area contributed by atoms with Gasteiger partial charge in [-0.2, -0.15) is 0 Å². The number of anilines is 1. The minimum atomic E-state index is -0.328. The van der Waals surface area contributed by atoms with Crippen LogP contribution in [0.3, 0.4) is 0 Å². The highest BCUT2D eigenvalue weighted by Gasteiger charge is 2.17. The van der Waals surface area contributed by atoms with Crippen LogP contribution >= 0.6 is 12.2 Å². The lowest BCUT2D eigenvalue weighted by molar-refractivity contribution is 0.0944. The van der Waals surface area contributed by atoms with Gasteiger partial charge in [0.1, 0.15) is 5.69 Å². The molecule has 138 valence electrons. The Morgan fingerprint density at radius 3 is 2.19 bits per heavy atom. The molecule has 0 unspecified atom stereocenters. The number of para-hydroxylation sites is 1. The second-order valence-corrected chi connectivity index (χ2v) is 6.24.